The molecule has 5 heteroatoms. The molecule has 1 aromatic carbocycles. The van der Waals surface area contributed by atoms with Crippen molar-refractivity contribution < 1.29 is 9.18 Å². The lowest BCUT2D eigenvalue weighted by Gasteiger charge is -2.29. The molecule has 2 rings (SSSR count). The average molecular weight is 332 g/mol. The van der Waals surface area contributed by atoms with Crippen molar-refractivity contribution in [2.24, 2.45) is 0 Å². The number of halogens is 1. The van der Waals surface area contributed by atoms with E-state index in [0.717, 1.165) is 16.3 Å². The van der Waals surface area contributed by atoms with E-state index in [4.69, 9.17) is 0 Å². The summed E-state index contributed by atoms with van der Waals surface area (Å²) in [6.45, 7) is 8.01. The number of hydrogen-bond acceptors (Lipinski definition) is 3. The van der Waals surface area contributed by atoms with Gasteiger partial charge < -0.3 is 4.90 Å². The van der Waals surface area contributed by atoms with Gasteiger partial charge in [0.2, 0.25) is 5.91 Å². The van der Waals surface area contributed by atoms with Crippen LogP contribution < -0.4 is 0 Å². The Bertz CT molecular complexity index is 681. The minimum atomic E-state index is -0.267. The molecule has 0 aliphatic heterocycles. The van der Waals surface area contributed by atoms with Gasteiger partial charge in [-0.15, -0.1) is 11.3 Å². The molecule has 23 heavy (non-hydrogen) atoms. The van der Waals surface area contributed by atoms with Crippen LogP contribution in [0.4, 0.5) is 4.39 Å². The predicted molar refractivity (Wildman–Crippen MR) is 93.7 cm³/mol. The highest BCUT2D eigenvalue weighted by atomic mass is 32.1. The van der Waals surface area contributed by atoms with Crippen LogP contribution in [-0.2, 0) is 4.79 Å². The zero-order chi connectivity index (χ0) is 17.0. The summed E-state index contributed by atoms with van der Waals surface area (Å²) in [5, 5.41) is 2.66. The lowest BCUT2D eigenvalue weighted by atomic mass is 10.2. The van der Waals surface area contributed by atoms with Crippen molar-refractivity contribution in [3.8, 4) is 11.3 Å². The molecule has 0 N–H and O–H groups in total. The van der Waals surface area contributed by atoms with Gasteiger partial charge in [0.15, 0.2) is 0 Å². The van der Waals surface area contributed by atoms with E-state index in [-0.39, 0.29) is 23.8 Å². The number of nitrogens with zero attached hydrogens (tertiary/aromatic N) is 2. The Morgan fingerprint density at radius 1 is 1.17 bits per heavy atom. The summed E-state index contributed by atoms with van der Waals surface area (Å²) in [6.07, 6.45) is 3.30. The molecule has 1 aromatic heterocycles. The fourth-order valence-electron chi connectivity index (χ4n) is 2.45. The van der Waals surface area contributed by atoms with Crippen molar-refractivity contribution in [2.45, 2.75) is 39.8 Å². The Labute approximate surface area is 140 Å². The van der Waals surface area contributed by atoms with E-state index in [0.29, 0.717) is 0 Å². The van der Waals surface area contributed by atoms with Crippen molar-refractivity contribution in [2.75, 3.05) is 0 Å². The van der Waals surface area contributed by atoms with E-state index in [1.165, 1.54) is 23.5 Å². The van der Waals surface area contributed by atoms with E-state index in [1.54, 1.807) is 24.3 Å². The number of benzene rings is 1. The van der Waals surface area contributed by atoms with Crippen LogP contribution in [0, 0.1) is 5.82 Å². The minimum Gasteiger partial charge on any atom is -0.334 e. The molecule has 0 aliphatic rings. The van der Waals surface area contributed by atoms with Crippen molar-refractivity contribution >= 4 is 23.3 Å². The highest BCUT2D eigenvalue weighted by Crippen LogP contribution is 2.23. The third kappa shape index (κ3) is 4.48. The second-order valence-electron chi connectivity index (χ2n) is 5.84. The predicted octanol–water partition coefficient (Wildman–Crippen LogP) is 4.61. The molecule has 2 aromatic rings. The normalized spacial score (nSPS) is 11.6. The van der Waals surface area contributed by atoms with E-state index in [2.05, 4.69) is 4.98 Å². The number of carbonyl (C=O) groups is 1. The Hall–Kier alpha value is -2.01. The molecule has 0 saturated carbocycles. The zero-order valence-corrected chi connectivity index (χ0v) is 14.6. The molecule has 1 amide bonds. The Balaban J connectivity index is 2.12. The van der Waals surface area contributed by atoms with E-state index >= 15 is 0 Å². The Morgan fingerprint density at radius 2 is 1.78 bits per heavy atom. The molecule has 0 fully saturated rings. The van der Waals surface area contributed by atoms with Gasteiger partial charge in [-0.3, -0.25) is 4.79 Å². The number of thiazole rings is 1. The fourth-order valence-corrected chi connectivity index (χ4v) is 3.17. The number of rotatable bonds is 5. The number of aromatic nitrogens is 1. The first kappa shape index (κ1) is 17.3. The monoisotopic (exact) mass is 332 g/mol. The summed E-state index contributed by atoms with van der Waals surface area (Å²) < 4.78 is 13.0. The third-order valence-corrected chi connectivity index (χ3v) is 4.21. The first-order valence-corrected chi connectivity index (χ1v) is 8.48. The van der Waals surface area contributed by atoms with Crippen molar-refractivity contribution in [3.63, 3.8) is 0 Å². The minimum absolute atomic E-state index is 0.0199. The highest BCUT2D eigenvalue weighted by molar-refractivity contribution is 7.10. The van der Waals surface area contributed by atoms with Crippen molar-refractivity contribution in [1.82, 2.24) is 9.88 Å². The first-order chi connectivity index (χ1) is 10.9. The van der Waals surface area contributed by atoms with Crippen LogP contribution in [0.15, 0.2) is 35.7 Å². The molecular weight excluding hydrogens is 311 g/mol. The van der Waals surface area contributed by atoms with Crippen LogP contribution >= 0.6 is 11.3 Å². The van der Waals surface area contributed by atoms with Crippen LogP contribution in [0.2, 0.25) is 0 Å². The van der Waals surface area contributed by atoms with Gasteiger partial charge in [0, 0.05) is 29.1 Å². The molecule has 0 aliphatic carbocycles. The summed E-state index contributed by atoms with van der Waals surface area (Å²) in [5.74, 6) is -0.286. The van der Waals surface area contributed by atoms with Gasteiger partial charge in [-0.1, -0.05) is 0 Å². The van der Waals surface area contributed by atoms with E-state index in [9.17, 15) is 9.18 Å². The summed E-state index contributed by atoms with van der Waals surface area (Å²) in [4.78, 5) is 18.6. The van der Waals surface area contributed by atoms with Crippen molar-refractivity contribution in [3.05, 3.63) is 46.5 Å². The molecule has 0 saturated heterocycles. The molecule has 0 unspecified atom stereocenters. The van der Waals surface area contributed by atoms with Crippen LogP contribution in [0.5, 0.6) is 0 Å². The first-order valence-electron chi connectivity index (χ1n) is 7.60. The summed E-state index contributed by atoms with van der Waals surface area (Å²) >= 11 is 1.46. The smallest absolute Gasteiger partial charge is 0.247 e. The Morgan fingerprint density at radius 3 is 2.35 bits per heavy atom. The van der Waals surface area contributed by atoms with Gasteiger partial charge in [0.1, 0.15) is 10.8 Å². The summed E-state index contributed by atoms with van der Waals surface area (Å²) in [7, 11) is 0. The fraction of sp³-hybridized carbons (Fsp3) is 0.333. The molecule has 122 valence electrons. The van der Waals surface area contributed by atoms with Gasteiger partial charge in [-0.05, 0) is 58.0 Å². The number of carbonyl (C=O) groups excluding carboxylic acids is 1. The van der Waals surface area contributed by atoms with E-state index in [1.807, 2.05) is 38.0 Å². The largest absolute Gasteiger partial charge is 0.334 e. The number of hydrogen-bond donors (Lipinski definition) is 0. The topological polar surface area (TPSA) is 33.2 Å². The average Bonchev–Trinajstić information content (AvgIpc) is 2.94. The van der Waals surface area contributed by atoms with Gasteiger partial charge >= 0.3 is 0 Å². The molecule has 1 heterocycles. The van der Waals surface area contributed by atoms with Gasteiger partial charge in [0.25, 0.3) is 0 Å². The van der Waals surface area contributed by atoms with Crippen LogP contribution in [0.1, 0.15) is 32.7 Å². The maximum absolute atomic E-state index is 13.0. The maximum Gasteiger partial charge on any atom is 0.247 e. The Kier molecular flexibility index (Phi) is 5.66. The molecule has 3 nitrogen and oxygen atoms in total. The van der Waals surface area contributed by atoms with Crippen LogP contribution in [0.25, 0.3) is 17.3 Å². The summed E-state index contributed by atoms with van der Waals surface area (Å²) in [6, 6.07) is 6.52. The van der Waals surface area contributed by atoms with Gasteiger partial charge in [-0.25, -0.2) is 9.37 Å². The van der Waals surface area contributed by atoms with Crippen LogP contribution in [-0.4, -0.2) is 27.9 Å². The third-order valence-electron chi connectivity index (χ3n) is 3.40. The molecule has 0 bridgehead atoms. The van der Waals surface area contributed by atoms with Crippen LogP contribution in [0.3, 0.4) is 0 Å². The molecule has 0 radical (unpaired) electrons. The summed E-state index contributed by atoms with van der Waals surface area (Å²) in [5.41, 5.74) is 1.64. The van der Waals surface area contributed by atoms with E-state index < -0.39 is 0 Å². The lowest BCUT2D eigenvalue weighted by Crippen LogP contribution is -2.41. The molecular formula is C18H21FN2OS. The van der Waals surface area contributed by atoms with Gasteiger partial charge in [0.05, 0.1) is 5.69 Å². The quantitative estimate of drug-likeness (QED) is 0.749. The molecule has 0 spiro atoms. The maximum atomic E-state index is 13.0. The highest BCUT2D eigenvalue weighted by Gasteiger charge is 2.17. The SMILES string of the molecule is CC(C)N(C(=O)C=Cc1nc(-c2ccc(F)cc2)cs1)C(C)C. The molecule has 0 atom stereocenters. The lowest BCUT2D eigenvalue weighted by molar-refractivity contribution is -0.129. The zero-order valence-electron chi connectivity index (χ0n) is 13.8. The standard InChI is InChI=1S/C18H21FN2OS/c1-12(2)21(13(3)4)18(22)10-9-17-20-16(11-23-17)14-5-7-15(19)8-6-14/h5-13H,1-4H3. The number of amides is 1. The van der Waals surface area contributed by atoms with Gasteiger partial charge in [-0.2, -0.15) is 0 Å². The van der Waals surface area contributed by atoms with Crippen molar-refractivity contribution in [1.29, 1.82) is 0 Å². The second kappa shape index (κ2) is 7.51. The second-order valence-corrected chi connectivity index (χ2v) is 6.73.